The summed E-state index contributed by atoms with van der Waals surface area (Å²) in [6.07, 6.45) is -4.28. The van der Waals surface area contributed by atoms with Crippen LogP contribution in [-0.2, 0) is 10.9 Å². The molecule has 18 heavy (non-hydrogen) atoms. The highest BCUT2D eigenvalue weighted by Crippen LogP contribution is 2.29. The fraction of sp³-hybridized carbons (Fsp3) is 0.538. The number of methoxy groups -OCH3 is 1. The standard InChI is InChI=1S/C13H18F3NO/c1-9(8-18-3)17-10(2)11-4-6-12(7-5-11)13(14,15)16/h4-7,9-10,17H,8H2,1-3H3. The minimum atomic E-state index is -4.28. The van der Waals surface area contributed by atoms with Gasteiger partial charge < -0.3 is 10.1 Å². The van der Waals surface area contributed by atoms with Crippen molar-refractivity contribution in [1.29, 1.82) is 0 Å². The number of benzene rings is 1. The Morgan fingerprint density at radius 2 is 1.72 bits per heavy atom. The van der Waals surface area contributed by atoms with Crippen LogP contribution in [0.2, 0.25) is 0 Å². The Bertz CT molecular complexity index is 361. The van der Waals surface area contributed by atoms with Gasteiger partial charge in [0, 0.05) is 19.2 Å². The molecule has 0 radical (unpaired) electrons. The van der Waals surface area contributed by atoms with E-state index in [0.29, 0.717) is 6.61 Å². The van der Waals surface area contributed by atoms with E-state index in [-0.39, 0.29) is 12.1 Å². The van der Waals surface area contributed by atoms with E-state index in [1.165, 1.54) is 12.1 Å². The van der Waals surface area contributed by atoms with Crippen molar-refractivity contribution in [3.63, 3.8) is 0 Å². The third-order valence-corrected chi connectivity index (χ3v) is 2.69. The number of hydrogen-bond donors (Lipinski definition) is 1. The Hall–Kier alpha value is -1.07. The molecule has 1 aromatic rings. The fourth-order valence-corrected chi connectivity index (χ4v) is 1.78. The predicted molar refractivity (Wildman–Crippen MR) is 64.3 cm³/mol. The van der Waals surface area contributed by atoms with Crippen molar-refractivity contribution in [2.75, 3.05) is 13.7 Å². The van der Waals surface area contributed by atoms with E-state index in [0.717, 1.165) is 17.7 Å². The van der Waals surface area contributed by atoms with Gasteiger partial charge in [-0.05, 0) is 31.5 Å². The molecule has 2 unspecified atom stereocenters. The molecule has 0 aliphatic carbocycles. The Morgan fingerprint density at radius 3 is 2.17 bits per heavy atom. The number of rotatable bonds is 5. The van der Waals surface area contributed by atoms with Gasteiger partial charge in [0.05, 0.1) is 12.2 Å². The summed E-state index contributed by atoms with van der Waals surface area (Å²) in [6.45, 7) is 4.43. The lowest BCUT2D eigenvalue weighted by Crippen LogP contribution is -2.32. The van der Waals surface area contributed by atoms with Crippen LogP contribution in [0.5, 0.6) is 0 Å². The highest BCUT2D eigenvalue weighted by atomic mass is 19.4. The first-order valence-corrected chi connectivity index (χ1v) is 5.76. The fourth-order valence-electron chi connectivity index (χ4n) is 1.78. The minimum Gasteiger partial charge on any atom is -0.383 e. The number of halogens is 3. The number of hydrogen-bond acceptors (Lipinski definition) is 2. The first kappa shape index (κ1) is 15.0. The molecule has 1 N–H and O–H groups in total. The molecule has 102 valence electrons. The largest absolute Gasteiger partial charge is 0.416 e. The second kappa shape index (κ2) is 6.20. The van der Waals surface area contributed by atoms with Crippen LogP contribution in [0.1, 0.15) is 31.0 Å². The van der Waals surface area contributed by atoms with Crippen molar-refractivity contribution in [1.82, 2.24) is 5.32 Å². The molecule has 0 bridgehead atoms. The molecule has 0 saturated carbocycles. The molecule has 2 nitrogen and oxygen atoms in total. The smallest absolute Gasteiger partial charge is 0.383 e. The Labute approximate surface area is 105 Å². The van der Waals surface area contributed by atoms with Crippen LogP contribution in [-0.4, -0.2) is 19.8 Å². The molecule has 0 fully saturated rings. The van der Waals surface area contributed by atoms with Crippen LogP contribution in [0.15, 0.2) is 24.3 Å². The molecule has 0 aliphatic heterocycles. The molecule has 0 aromatic heterocycles. The lowest BCUT2D eigenvalue weighted by atomic mass is 10.1. The van der Waals surface area contributed by atoms with Gasteiger partial charge in [0.1, 0.15) is 0 Å². The lowest BCUT2D eigenvalue weighted by molar-refractivity contribution is -0.137. The molecule has 1 aromatic carbocycles. The summed E-state index contributed by atoms with van der Waals surface area (Å²) < 4.78 is 42.2. The number of ether oxygens (including phenoxy) is 1. The van der Waals surface area contributed by atoms with Crippen LogP contribution in [0, 0.1) is 0 Å². The summed E-state index contributed by atoms with van der Waals surface area (Å²) in [6, 6.07) is 5.34. The molecule has 0 heterocycles. The Morgan fingerprint density at radius 1 is 1.17 bits per heavy atom. The second-order valence-electron chi connectivity index (χ2n) is 4.36. The van der Waals surface area contributed by atoms with Crippen molar-refractivity contribution in [3.05, 3.63) is 35.4 Å². The van der Waals surface area contributed by atoms with Gasteiger partial charge in [0.15, 0.2) is 0 Å². The van der Waals surface area contributed by atoms with Gasteiger partial charge in [-0.25, -0.2) is 0 Å². The normalized spacial score (nSPS) is 15.4. The lowest BCUT2D eigenvalue weighted by Gasteiger charge is -2.20. The summed E-state index contributed by atoms with van der Waals surface area (Å²) >= 11 is 0. The molecule has 5 heteroatoms. The van der Waals surface area contributed by atoms with Gasteiger partial charge in [-0.15, -0.1) is 0 Å². The van der Waals surface area contributed by atoms with E-state index in [1.807, 2.05) is 13.8 Å². The Balaban J connectivity index is 2.67. The highest BCUT2D eigenvalue weighted by Gasteiger charge is 2.30. The SMILES string of the molecule is COCC(C)NC(C)c1ccc(C(F)(F)F)cc1. The summed E-state index contributed by atoms with van der Waals surface area (Å²) in [5.74, 6) is 0. The maximum absolute atomic E-state index is 12.4. The van der Waals surface area contributed by atoms with Crippen LogP contribution in [0.25, 0.3) is 0 Å². The van der Waals surface area contributed by atoms with E-state index < -0.39 is 11.7 Å². The molecular formula is C13H18F3NO. The average molecular weight is 261 g/mol. The zero-order chi connectivity index (χ0) is 13.8. The van der Waals surface area contributed by atoms with Gasteiger partial charge in [0.25, 0.3) is 0 Å². The monoisotopic (exact) mass is 261 g/mol. The van der Waals surface area contributed by atoms with Gasteiger partial charge in [-0.2, -0.15) is 13.2 Å². The van der Waals surface area contributed by atoms with E-state index >= 15 is 0 Å². The number of alkyl halides is 3. The van der Waals surface area contributed by atoms with E-state index in [2.05, 4.69) is 5.32 Å². The molecule has 0 aliphatic rings. The summed E-state index contributed by atoms with van der Waals surface area (Å²) in [7, 11) is 1.61. The average Bonchev–Trinajstić information content (AvgIpc) is 2.28. The third kappa shape index (κ3) is 4.31. The molecule has 1 rings (SSSR count). The summed E-state index contributed by atoms with van der Waals surface area (Å²) in [5.41, 5.74) is 0.203. The molecule has 0 spiro atoms. The third-order valence-electron chi connectivity index (χ3n) is 2.69. The van der Waals surface area contributed by atoms with Gasteiger partial charge >= 0.3 is 6.18 Å². The predicted octanol–water partition coefficient (Wildman–Crippen LogP) is 3.39. The minimum absolute atomic E-state index is 0.0163. The van der Waals surface area contributed by atoms with Crippen LogP contribution in [0.4, 0.5) is 13.2 Å². The second-order valence-corrected chi connectivity index (χ2v) is 4.36. The first-order valence-electron chi connectivity index (χ1n) is 5.76. The van der Waals surface area contributed by atoms with Crippen LogP contribution >= 0.6 is 0 Å². The Kier molecular flexibility index (Phi) is 5.16. The quantitative estimate of drug-likeness (QED) is 0.877. The van der Waals surface area contributed by atoms with Crippen molar-refractivity contribution in [3.8, 4) is 0 Å². The molecule has 0 saturated heterocycles. The maximum Gasteiger partial charge on any atom is 0.416 e. The van der Waals surface area contributed by atoms with Gasteiger partial charge in [0.2, 0.25) is 0 Å². The molecule has 0 amide bonds. The van der Waals surface area contributed by atoms with Crippen molar-refractivity contribution in [2.45, 2.75) is 32.1 Å². The van der Waals surface area contributed by atoms with Crippen molar-refractivity contribution >= 4 is 0 Å². The zero-order valence-electron chi connectivity index (χ0n) is 10.7. The zero-order valence-corrected chi connectivity index (χ0v) is 10.7. The van der Waals surface area contributed by atoms with Crippen LogP contribution < -0.4 is 5.32 Å². The number of nitrogens with one attached hydrogen (secondary N) is 1. The highest BCUT2D eigenvalue weighted by molar-refractivity contribution is 5.26. The van der Waals surface area contributed by atoms with E-state index in [4.69, 9.17) is 4.74 Å². The molecular weight excluding hydrogens is 243 g/mol. The van der Waals surface area contributed by atoms with Crippen molar-refractivity contribution < 1.29 is 17.9 Å². The maximum atomic E-state index is 12.4. The summed E-state index contributed by atoms with van der Waals surface area (Å²) in [5, 5.41) is 3.25. The first-order chi connectivity index (χ1) is 8.34. The van der Waals surface area contributed by atoms with Gasteiger partial charge in [-0.1, -0.05) is 12.1 Å². The molecule has 2 atom stereocenters. The van der Waals surface area contributed by atoms with Crippen LogP contribution in [0.3, 0.4) is 0 Å². The van der Waals surface area contributed by atoms with E-state index in [9.17, 15) is 13.2 Å². The van der Waals surface area contributed by atoms with Crippen molar-refractivity contribution in [2.24, 2.45) is 0 Å². The van der Waals surface area contributed by atoms with E-state index in [1.54, 1.807) is 7.11 Å². The topological polar surface area (TPSA) is 21.3 Å². The van der Waals surface area contributed by atoms with Gasteiger partial charge in [-0.3, -0.25) is 0 Å². The summed E-state index contributed by atoms with van der Waals surface area (Å²) in [4.78, 5) is 0.